The van der Waals surface area contributed by atoms with E-state index in [1.165, 1.54) is 31.5 Å². The van der Waals surface area contributed by atoms with Crippen LogP contribution in [0.4, 0.5) is 5.69 Å². The van der Waals surface area contributed by atoms with Gasteiger partial charge in [0.15, 0.2) is 0 Å². The van der Waals surface area contributed by atoms with E-state index < -0.39 is 0 Å². The number of hydrogen-bond acceptors (Lipinski definition) is 2. The number of benzene rings is 1. The highest BCUT2D eigenvalue weighted by Crippen LogP contribution is 2.15. The van der Waals surface area contributed by atoms with Crippen LogP contribution in [0.1, 0.15) is 52.5 Å². The van der Waals surface area contributed by atoms with Gasteiger partial charge in [-0.05, 0) is 49.9 Å². The van der Waals surface area contributed by atoms with Crippen molar-refractivity contribution >= 4 is 12.1 Å². The SMILES string of the molecule is CC.CC1CCNCC1.CCCc1ccccc1NC=O. The van der Waals surface area contributed by atoms with Crippen LogP contribution in [0.3, 0.4) is 0 Å². The fourth-order valence-corrected chi connectivity index (χ4v) is 2.18. The number of carbonyl (C=O) groups is 1. The topological polar surface area (TPSA) is 41.1 Å². The van der Waals surface area contributed by atoms with Crippen molar-refractivity contribution in [2.45, 2.75) is 53.4 Å². The molecular formula is C18H32N2O. The van der Waals surface area contributed by atoms with Crippen LogP contribution in [-0.4, -0.2) is 19.5 Å². The normalized spacial score (nSPS) is 14.1. The van der Waals surface area contributed by atoms with Crippen molar-refractivity contribution in [3.8, 4) is 0 Å². The third-order valence-electron chi connectivity index (χ3n) is 3.38. The summed E-state index contributed by atoms with van der Waals surface area (Å²) in [4.78, 5) is 10.2. The molecule has 1 aliphatic heterocycles. The number of hydrogen-bond donors (Lipinski definition) is 2. The van der Waals surface area contributed by atoms with Gasteiger partial charge in [0.1, 0.15) is 0 Å². The minimum absolute atomic E-state index is 0.717. The molecular weight excluding hydrogens is 260 g/mol. The zero-order valence-electron chi connectivity index (χ0n) is 14.1. The molecule has 0 radical (unpaired) electrons. The fourth-order valence-electron chi connectivity index (χ4n) is 2.18. The Morgan fingerprint density at radius 3 is 2.33 bits per heavy atom. The van der Waals surface area contributed by atoms with Crippen LogP contribution in [0.15, 0.2) is 24.3 Å². The molecule has 120 valence electrons. The number of amides is 1. The van der Waals surface area contributed by atoms with Crippen molar-refractivity contribution in [1.29, 1.82) is 0 Å². The predicted molar refractivity (Wildman–Crippen MR) is 92.7 cm³/mol. The molecule has 3 nitrogen and oxygen atoms in total. The molecule has 1 saturated heterocycles. The Bertz CT molecular complexity index is 360. The molecule has 1 fully saturated rings. The van der Waals surface area contributed by atoms with E-state index in [1.807, 2.05) is 38.1 Å². The summed E-state index contributed by atoms with van der Waals surface area (Å²) in [5.74, 6) is 0.973. The largest absolute Gasteiger partial charge is 0.328 e. The summed E-state index contributed by atoms with van der Waals surface area (Å²) < 4.78 is 0. The summed E-state index contributed by atoms with van der Waals surface area (Å²) in [6, 6.07) is 7.86. The zero-order valence-corrected chi connectivity index (χ0v) is 14.1. The first-order valence-corrected chi connectivity index (χ1v) is 8.26. The summed E-state index contributed by atoms with van der Waals surface area (Å²) in [6.07, 6.45) is 5.57. The van der Waals surface area contributed by atoms with E-state index in [0.717, 1.165) is 24.4 Å². The number of carbonyl (C=O) groups excluding carboxylic acids is 1. The average molecular weight is 292 g/mol. The Morgan fingerprint density at radius 2 is 1.86 bits per heavy atom. The molecule has 0 atom stereocenters. The lowest BCUT2D eigenvalue weighted by atomic mass is 10.0. The molecule has 0 spiro atoms. The zero-order chi connectivity index (χ0) is 15.9. The molecule has 0 bridgehead atoms. The Kier molecular flexibility index (Phi) is 12.7. The van der Waals surface area contributed by atoms with E-state index >= 15 is 0 Å². The van der Waals surface area contributed by atoms with E-state index in [4.69, 9.17) is 0 Å². The van der Waals surface area contributed by atoms with Crippen molar-refractivity contribution < 1.29 is 4.79 Å². The van der Waals surface area contributed by atoms with Crippen LogP contribution in [0.2, 0.25) is 0 Å². The van der Waals surface area contributed by atoms with Crippen molar-refractivity contribution in [3.05, 3.63) is 29.8 Å². The fraction of sp³-hybridized carbons (Fsp3) is 0.611. The second-order valence-electron chi connectivity index (χ2n) is 5.10. The van der Waals surface area contributed by atoms with Crippen LogP contribution in [-0.2, 0) is 11.2 Å². The molecule has 2 rings (SSSR count). The summed E-state index contributed by atoms with van der Waals surface area (Å²) >= 11 is 0. The van der Waals surface area contributed by atoms with Gasteiger partial charge >= 0.3 is 0 Å². The number of anilines is 1. The third kappa shape index (κ3) is 9.24. The Hall–Kier alpha value is -1.35. The number of para-hydroxylation sites is 1. The van der Waals surface area contributed by atoms with Gasteiger partial charge in [0.2, 0.25) is 6.41 Å². The molecule has 1 aromatic carbocycles. The van der Waals surface area contributed by atoms with Gasteiger partial charge < -0.3 is 10.6 Å². The highest BCUT2D eigenvalue weighted by atomic mass is 16.1. The van der Waals surface area contributed by atoms with Crippen LogP contribution >= 0.6 is 0 Å². The van der Waals surface area contributed by atoms with Crippen LogP contribution in [0.25, 0.3) is 0 Å². The standard InChI is InChI=1S/C10H13NO.C6H13N.C2H6/c1-2-5-9-6-3-4-7-10(9)11-8-12;1-6-2-4-7-5-3-6;1-2/h3-4,6-8H,2,5H2,1H3,(H,11,12);6-7H,2-5H2,1H3;1-2H3. The van der Waals surface area contributed by atoms with Crippen molar-refractivity contribution in [3.63, 3.8) is 0 Å². The lowest BCUT2D eigenvalue weighted by Gasteiger charge is -2.17. The predicted octanol–water partition coefficient (Wildman–Crippen LogP) is 4.24. The summed E-state index contributed by atoms with van der Waals surface area (Å²) in [5.41, 5.74) is 2.13. The van der Waals surface area contributed by atoms with E-state index in [2.05, 4.69) is 24.5 Å². The first-order valence-electron chi connectivity index (χ1n) is 8.26. The minimum Gasteiger partial charge on any atom is -0.328 e. The van der Waals surface area contributed by atoms with Crippen LogP contribution in [0.5, 0.6) is 0 Å². The van der Waals surface area contributed by atoms with Gasteiger partial charge in [-0.1, -0.05) is 52.3 Å². The van der Waals surface area contributed by atoms with Crippen molar-refractivity contribution in [1.82, 2.24) is 5.32 Å². The van der Waals surface area contributed by atoms with E-state index in [-0.39, 0.29) is 0 Å². The summed E-state index contributed by atoms with van der Waals surface area (Å²) in [5, 5.41) is 6.00. The van der Waals surface area contributed by atoms with Crippen LogP contribution in [0, 0.1) is 5.92 Å². The van der Waals surface area contributed by atoms with Gasteiger partial charge in [0, 0.05) is 5.69 Å². The maximum absolute atomic E-state index is 10.2. The molecule has 1 heterocycles. The smallest absolute Gasteiger partial charge is 0.211 e. The second-order valence-corrected chi connectivity index (χ2v) is 5.10. The molecule has 21 heavy (non-hydrogen) atoms. The first-order chi connectivity index (χ1) is 10.3. The maximum atomic E-state index is 10.2. The van der Waals surface area contributed by atoms with E-state index in [0.29, 0.717) is 6.41 Å². The van der Waals surface area contributed by atoms with Gasteiger partial charge in [0.25, 0.3) is 0 Å². The lowest BCUT2D eigenvalue weighted by Crippen LogP contribution is -2.26. The quantitative estimate of drug-likeness (QED) is 0.815. The number of rotatable bonds is 4. The molecule has 0 aliphatic carbocycles. The third-order valence-corrected chi connectivity index (χ3v) is 3.38. The van der Waals surface area contributed by atoms with Gasteiger partial charge in [0.05, 0.1) is 0 Å². The Balaban J connectivity index is 0.000000377. The molecule has 0 aromatic heterocycles. The molecule has 1 aromatic rings. The van der Waals surface area contributed by atoms with Crippen LogP contribution < -0.4 is 10.6 Å². The monoisotopic (exact) mass is 292 g/mol. The van der Waals surface area contributed by atoms with Gasteiger partial charge in [-0.3, -0.25) is 4.79 Å². The number of nitrogens with one attached hydrogen (secondary N) is 2. The molecule has 0 unspecified atom stereocenters. The molecule has 1 aliphatic rings. The number of aryl methyl sites for hydroxylation is 1. The van der Waals surface area contributed by atoms with E-state index in [9.17, 15) is 4.79 Å². The lowest BCUT2D eigenvalue weighted by molar-refractivity contribution is -0.105. The van der Waals surface area contributed by atoms with Gasteiger partial charge in [-0.2, -0.15) is 0 Å². The van der Waals surface area contributed by atoms with Crippen molar-refractivity contribution in [2.75, 3.05) is 18.4 Å². The minimum atomic E-state index is 0.717. The van der Waals surface area contributed by atoms with Crippen molar-refractivity contribution in [2.24, 2.45) is 5.92 Å². The average Bonchev–Trinajstić information content (AvgIpc) is 2.53. The summed E-state index contributed by atoms with van der Waals surface area (Å²) in [6.45, 7) is 10.9. The molecule has 1 amide bonds. The van der Waals surface area contributed by atoms with E-state index in [1.54, 1.807) is 0 Å². The van der Waals surface area contributed by atoms with Gasteiger partial charge in [-0.15, -0.1) is 0 Å². The first kappa shape index (κ1) is 19.7. The maximum Gasteiger partial charge on any atom is 0.211 e. The second kappa shape index (κ2) is 13.6. The molecule has 3 heteroatoms. The summed E-state index contributed by atoms with van der Waals surface area (Å²) in [7, 11) is 0. The molecule has 2 N–H and O–H groups in total. The molecule has 0 saturated carbocycles. The number of piperidine rings is 1. The Morgan fingerprint density at radius 1 is 1.24 bits per heavy atom. The Labute approximate surface area is 130 Å². The highest BCUT2D eigenvalue weighted by molar-refractivity contribution is 5.73. The highest BCUT2D eigenvalue weighted by Gasteiger charge is 2.05. The van der Waals surface area contributed by atoms with Gasteiger partial charge in [-0.25, -0.2) is 0 Å².